The van der Waals surface area contributed by atoms with E-state index in [1.165, 1.54) is 0 Å². The van der Waals surface area contributed by atoms with Crippen LogP contribution in [0.3, 0.4) is 0 Å². The zero-order chi connectivity index (χ0) is 23.2. The van der Waals surface area contributed by atoms with Crippen LogP contribution in [0.15, 0.2) is 0 Å². The lowest BCUT2D eigenvalue weighted by atomic mass is 10.7. The van der Waals surface area contributed by atoms with E-state index in [2.05, 4.69) is 11.8 Å². The highest BCUT2D eigenvalue weighted by molar-refractivity contribution is 8.76. The highest BCUT2D eigenvalue weighted by Crippen LogP contribution is 2.20. The maximum Gasteiger partial charge on any atom is 0.107 e. The van der Waals surface area contributed by atoms with Crippen molar-refractivity contribution >= 4 is 21.6 Å². The predicted molar refractivity (Wildman–Crippen MR) is 129 cm³/mol. The van der Waals surface area contributed by atoms with Crippen LogP contribution in [0.2, 0.25) is 0 Å². The summed E-state index contributed by atoms with van der Waals surface area (Å²) in [7, 11) is 3.56. The molecule has 0 amide bonds. The van der Waals surface area contributed by atoms with Crippen LogP contribution in [0.1, 0.15) is 0 Å². The Kier molecular flexibility index (Phi) is 30.0. The van der Waals surface area contributed by atoms with Crippen molar-refractivity contribution in [1.82, 2.24) is 0 Å². The van der Waals surface area contributed by atoms with E-state index in [4.69, 9.17) is 50.7 Å². The number of rotatable bonds is 27. The lowest BCUT2D eigenvalue weighted by molar-refractivity contribution is 0.00308. The summed E-state index contributed by atoms with van der Waals surface area (Å²) < 4.78 is 42.7. The van der Waals surface area contributed by atoms with Gasteiger partial charge in [0.25, 0.3) is 0 Å². The molecule has 0 rings (SSSR count). The van der Waals surface area contributed by atoms with Crippen LogP contribution in [0.4, 0.5) is 0 Å². The molecule has 0 spiro atoms. The van der Waals surface area contributed by atoms with Crippen molar-refractivity contribution in [3.8, 4) is 24.7 Å². The van der Waals surface area contributed by atoms with E-state index in [1.54, 1.807) is 21.6 Å². The van der Waals surface area contributed by atoms with Gasteiger partial charge in [-0.05, 0) is 0 Å². The summed E-state index contributed by atoms with van der Waals surface area (Å²) in [6.45, 7) is 8.59. The Balaban J connectivity index is 3.00. The van der Waals surface area contributed by atoms with E-state index in [0.29, 0.717) is 106 Å². The Hall–Kier alpha value is -0.500. The fraction of sp³-hybridized carbons (Fsp3) is 0.818. The second kappa shape index (κ2) is 30.5. The first-order chi connectivity index (χ1) is 15.9. The van der Waals surface area contributed by atoms with Crippen LogP contribution in [0.5, 0.6) is 0 Å². The van der Waals surface area contributed by atoms with Gasteiger partial charge in [0, 0.05) is 11.5 Å². The Bertz CT molecular complexity index is 403. The molecular weight excluding hydrogens is 456 g/mol. The lowest BCUT2D eigenvalue weighted by Gasteiger charge is -2.07. The van der Waals surface area contributed by atoms with Gasteiger partial charge in [0.15, 0.2) is 0 Å². The smallest absolute Gasteiger partial charge is 0.107 e. The minimum absolute atomic E-state index is 0.320. The molecule has 0 aliphatic heterocycles. The second-order valence-corrected chi connectivity index (χ2v) is 8.53. The van der Waals surface area contributed by atoms with Gasteiger partial charge in [0.1, 0.15) is 13.2 Å². The molecule has 0 saturated heterocycles. The maximum absolute atomic E-state index is 5.52. The van der Waals surface area contributed by atoms with Gasteiger partial charge in [0.05, 0.1) is 92.5 Å². The first kappa shape index (κ1) is 31.5. The Morgan fingerprint density at radius 1 is 0.375 bits per heavy atom. The number of ether oxygens (including phenoxy) is 8. The van der Waals surface area contributed by atoms with Crippen LogP contribution >= 0.6 is 21.6 Å². The summed E-state index contributed by atoms with van der Waals surface area (Å²) >= 11 is 0. The van der Waals surface area contributed by atoms with Crippen LogP contribution in [0.25, 0.3) is 0 Å². The summed E-state index contributed by atoms with van der Waals surface area (Å²) in [5.41, 5.74) is 0. The first-order valence-corrected chi connectivity index (χ1v) is 13.1. The molecule has 8 nitrogen and oxygen atoms in total. The molecule has 0 aliphatic rings. The summed E-state index contributed by atoms with van der Waals surface area (Å²) in [6, 6.07) is 0. The van der Waals surface area contributed by atoms with E-state index in [1.807, 2.05) is 0 Å². The lowest BCUT2D eigenvalue weighted by Crippen LogP contribution is -2.12. The van der Waals surface area contributed by atoms with Gasteiger partial charge in [-0.1, -0.05) is 33.4 Å². The maximum atomic E-state index is 5.52. The molecule has 0 aromatic rings. The van der Waals surface area contributed by atoms with Crippen molar-refractivity contribution in [2.45, 2.75) is 0 Å². The van der Waals surface area contributed by atoms with Gasteiger partial charge in [-0.15, -0.1) is 12.8 Å². The van der Waals surface area contributed by atoms with Crippen molar-refractivity contribution in [3.63, 3.8) is 0 Å². The highest BCUT2D eigenvalue weighted by atomic mass is 33.1. The van der Waals surface area contributed by atoms with E-state index in [-0.39, 0.29) is 0 Å². The molecule has 0 heterocycles. The minimum atomic E-state index is 0.320. The van der Waals surface area contributed by atoms with E-state index in [9.17, 15) is 0 Å². The largest absolute Gasteiger partial charge is 0.378 e. The molecule has 0 bridgehead atoms. The third kappa shape index (κ3) is 29.5. The quantitative estimate of drug-likeness (QED) is 0.0958. The van der Waals surface area contributed by atoms with Crippen LogP contribution in [0, 0.1) is 24.7 Å². The third-order valence-electron chi connectivity index (χ3n) is 3.31. The Morgan fingerprint density at radius 2 is 0.625 bits per heavy atom. The number of hydrogen-bond acceptors (Lipinski definition) is 10. The Labute approximate surface area is 201 Å². The molecule has 32 heavy (non-hydrogen) atoms. The fourth-order valence-electron chi connectivity index (χ4n) is 1.89. The highest BCUT2D eigenvalue weighted by Gasteiger charge is 1.96. The van der Waals surface area contributed by atoms with Gasteiger partial charge in [0.2, 0.25) is 0 Å². The minimum Gasteiger partial charge on any atom is -0.378 e. The van der Waals surface area contributed by atoms with Gasteiger partial charge in [-0.2, -0.15) is 0 Å². The number of terminal acetylenes is 2. The monoisotopic (exact) mass is 494 g/mol. The van der Waals surface area contributed by atoms with Gasteiger partial charge >= 0.3 is 0 Å². The van der Waals surface area contributed by atoms with Crippen molar-refractivity contribution in [2.75, 3.05) is 117 Å². The molecule has 0 radical (unpaired) electrons. The molecule has 0 aliphatic carbocycles. The van der Waals surface area contributed by atoms with Crippen molar-refractivity contribution in [3.05, 3.63) is 0 Å². The molecular formula is C22H38O8S2. The zero-order valence-corrected chi connectivity index (χ0v) is 20.6. The van der Waals surface area contributed by atoms with Crippen molar-refractivity contribution < 1.29 is 37.9 Å². The van der Waals surface area contributed by atoms with Crippen molar-refractivity contribution in [1.29, 1.82) is 0 Å². The second-order valence-electron chi connectivity index (χ2n) is 5.83. The summed E-state index contributed by atoms with van der Waals surface area (Å²) in [6.07, 6.45) is 10.1. The van der Waals surface area contributed by atoms with E-state index >= 15 is 0 Å². The van der Waals surface area contributed by atoms with Gasteiger partial charge in [-0.25, -0.2) is 0 Å². The summed E-state index contributed by atoms with van der Waals surface area (Å²) in [4.78, 5) is 0. The predicted octanol–water partition coefficient (Wildman–Crippen LogP) is 1.77. The van der Waals surface area contributed by atoms with Crippen LogP contribution < -0.4 is 0 Å². The van der Waals surface area contributed by atoms with Crippen molar-refractivity contribution in [2.24, 2.45) is 0 Å². The van der Waals surface area contributed by atoms with Crippen LogP contribution in [-0.2, 0) is 37.9 Å². The SMILES string of the molecule is C#CCOCCOCCOCCOCCSSCCOCCOCCOCCOCC#C. The average Bonchev–Trinajstić information content (AvgIpc) is 2.81. The van der Waals surface area contributed by atoms with Crippen LogP contribution in [-0.4, -0.2) is 117 Å². The zero-order valence-electron chi connectivity index (χ0n) is 19.0. The molecule has 0 saturated carbocycles. The normalized spacial score (nSPS) is 10.8. The van der Waals surface area contributed by atoms with Gasteiger partial charge in [-0.3, -0.25) is 0 Å². The molecule has 186 valence electrons. The van der Waals surface area contributed by atoms with E-state index in [0.717, 1.165) is 11.5 Å². The fourth-order valence-corrected chi connectivity index (χ4v) is 3.61. The topological polar surface area (TPSA) is 73.8 Å². The number of hydrogen-bond donors (Lipinski definition) is 0. The standard InChI is InChI=1S/C22H38O8S2/c1-3-5-23-7-9-25-11-13-27-15-17-29-19-21-31-32-22-20-30-18-16-28-14-12-26-10-8-24-6-4-2/h1-2H,5-22H2. The van der Waals surface area contributed by atoms with E-state index < -0.39 is 0 Å². The molecule has 0 atom stereocenters. The molecule has 0 N–H and O–H groups in total. The molecule has 0 unspecified atom stereocenters. The summed E-state index contributed by atoms with van der Waals surface area (Å²) in [5, 5.41) is 0. The summed E-state index contributed by atoms with van der Waals surface area (Å²) in [5.74, 6) is 6.67. The molecule has 0 aromatic carbocycles. The molecule has 10 heteroatoms. The average molecular weight is 495 g/mol. The third-order valence-corrected chi connectivity index (χ3v) is 5.64. The Morgan fingerprint density at radius 3 is 0.906 bits per heavy atom. The molecule has 0 aromatic heterocycles. The first-order valence-electron chi connectivity index (χ1n) is 10.6. The molecule has 0 fully saturated rings. The van der Waals surface area contributed by atoms with Gasteiger partial charge < -0.3 is 37.9 Å².